The molecule has 0 saturated heterocycles. The zero-order chi connectivity index (χ0) is 42.2. The van der Waals surface area contributed by atoms with Crippen LogP contribution in [0, 0.1) is 0 Å². The summed E-state index contributed by atoms with van der Waals surface area (Å²) in [7, 11) is 0. The van der Waals surface area contributed by atoms with E-state index in [0.29, 0.717) is 0 Å². The van der Waals surface area contributed by atoms with Crippen molar-refractivity contribution in [2.24, 2.45) is 0 Å². The van der Waals surface area contributed by atoms with Crippen LogP contribution in [0.2, 0.25) is 0 Å². The van der Waals surface area contributed by atoms with Crippen LogP contribution in [0.25, 0.3) is 55.3 Å². The SMILES string of the molecule is c1ccc(-c2ccc(N(c3ccc(-c4ccc5oc6ccccc6c5c4)cc3)c3cccc4c3-c3ccccc3C43c4ccccc4N(c4ccccc4)c4ccccc43)cc2)cc1. The van der Waals surface area contributed by atoms with Crippen LogP contribution >= 0.6 is 0 Å². The van der Waals surface area contributed by atoms with Gasteiger partial charge >= 0.3 is 0 Å². The third-order valence-corrected chi connectivity index (χ3v) is 13.5. The first kappa shape index (κ1) is 36.3. The molecular formula is C61H40N2O. The summed E-state index contributed by atoms with van der Waals surface area (Å²) < 4.78 is 6.19. The number of fused-ring (bicyclic) bond motifs is 12. The van der Waals surface area contributed by atoms with Gasteiger partial charge in [-0.2, -0.15) is 0 Å². The van der Waals surface area contributed by atoms with Crippen molar-refractivity contribution in [2.75, 3.05) is 9.80 Å². The molecule has 64 heavy (non-hydrogen) atoms. The number of furan rings is 1. The van der Waals surface area contributed by atoms with Crippen LogP contribution in [0.4, 0.5) is 34.1 Å². The molecular weight excluding hydrogens is 777 g/mol. The van der Waals surface area contributed by atoms with Crippen molar-refractivity contribution in [3.63, 3.8) is 0 Å². The van der Waals surface area contributed by atoms with E-state index in [4.69, 9.17) is 4.42 Å². The van der Waals surface area contributed by atoms with Crippen LogP contribution in [0.1, 0.15) is 22.3 Å². The minimum Gasteiger partial charge on any atom is -0.456 e. The van der Waals surface area contributed by atoms with E-state index in [2.05, 4.69) is 240 Å². The average Bonchev–Trinajstić information content (AvgIpc) is 3.89. The van der Waals surface area contributed by atoms with E-state index in [1.165, 1.54) is 55.9 Å². The monoisotopic (exact) mass is 816 g/mol. The molecule has 13 rings (SSSR count). The Kier molecular flexibility index (Phi) is 8.13. The van der Waals surface area contributed by atoms with Crippen LogP contribution in [-0.2, 0) is 5.41 Å². The number of hydrogen-bond donors (Lipinski definition) is 0. The number of rotatable bonds is 6. The highest BCUT2D eigenvalue weighted by molar-refractivity contribution is 6.06. The first-order chi connectivity index (χ1) is 31.8. The molecule has 0 radical (unpaired) electrons. The normalized spacial score (nSPS) is 13.1. The van der Waals surface area contributed by atoms with E-state index in [-0.39, 0.29) is 0 Å². The predicted molar refractivity (Wildman–Crippen MR) is 265 cm³/mol. The molecule has 11 aromatic rings. The Morgan fingerprint density at radius 3 is 1.58 bits per heavy atom. The minimum absolute atomic E-state index is 0.566. The van der Waals surface area contributed by atoms with Gasteiger partial charge in [0, 0.05) is 33.4 Å². The molecule has 0 bridgehead atoms. The number of anilines is 6. The summed E-state index contributed by atoms with van der Waals surface area (Å²) in [5.41, 5.74) is 20.3. The van der Waals surface area contributed by atoms with Gasteiger partial charge in [-0.15, -0.1) is 0 Å². The molecule has 2 heterocycles. The summed E-state index contributed by atoms with van der Waals surface area (Å²) >= 11 is 0. The lowest BCUT2D eigenvalue weighted by molar-refractivity contribution is 0.669. The molecule has 1 spiro atoms. The fourth-order valence-corrected chi connectivity index (χ4v) is 10.7. The lowest BCUT2D eigenvalue weighted by Gasteiger charge is -2.45. The summed E-state index contributed by atoms with van der Waals surface area (Å²) in [6, 6.07) is 88.4. The summed E-state index contributed by atoms with van der Waals surface area (Å²) in [6.07, 6.45) is 0. The van der Waals surface area contributed by atoms with Gasteiger partial charge in [0.25, 0.3) is 0 Å². The molecule has 10 aromatic carbocycles. The second kappa shape index (κ2) is 14.3. The zero-order valence-corrected chi connectivity index (χ0v) is 34.9. The Morgan fingerprint density at radius 2 is 0.875 bits per heavy atom. The van der Waals surface area contributed by atoms with E-state index in [9.17, 15) is 0 Å². The van der Waals surface area contributed by atoms with E-state index >= 15 is 0 Å². The first-order valence-corrected chi connectivity index (χ1v) is 22.0. The van der Waals surface area contributed by atoms with Crippen molar-refractivity contribution in [3.8, 4) is 33.4 Å². The van der Waals surface area contributed by atoms with Gasteiger partial charge in [0.2, 0.25) is 0 Å². The number of hydrogen-bond acceptors (Lipinski definition) is 3. The van der Waals surface area contributed by atoms with E-state index in [1.807, 2.05) is 12.1 Å². The Bertz CT molecular complexity index is 3510. The van der Waals surface area contributed by atoms with Crippen LogP contribution in [0.5, 0.6) is 0 Å². The molecule has 0 amide bonds. The van der Waals surface area contributed by atoms with Gasteiger partial charge in [0.15, 0.2) is 0 Å². The second-order valence-corrected chi connectivity index (χ2v) is 16.8. The Hall–Kier alpha value is -8.40. The lowest BCUT2D eigenvalue weighted by atomic mass is 9.64. The van der Waals surface area contributed by atoms with Crippen LogP contribution in [0.15, 0.2) is 247 Å². The fraction of sp³-hybridized carbons (Fsp3) is 0.0164. The van der Waals surface area contributed by atoms with Crippen molar-refractivity contribution in [2.45, 2.75) is 5.41 Å². The summed E-state index contributed by atoms with van der Waals surface area (Å²) in [5, 5.41) is 2.26. The maximum Gasteiger partial charge on any atom is 0.135 e. The molecule has 3 heteroatoms. The smallest absolute Gasteiger partial charge is 0.135 e. The minimum atomic E-state index is -0.566. The molecule has 300 valence electrons. The van der Waals surface area contributed by atoms with Crippen molar-refractivity contribution < 1.29 is 4.42 Å². The Labute approximate surface area is 372 Å². The molecule has 0 fully saturated rings. The Balaban J connectivity index is 1.02. The van der Waals surface area contributed by atoms with Crippen molar-refractivity contribution >= 4 is 56.1 Å². The lowest BCUT2D eigenvalue weighted by Crippen LogP contribution is -2.36. The van der Waals surface area contributed by atoms with Gasteiger partial charge < -0.3 is 14.2 Å². The van der Waals surface area contributed by atoms with E-state index in [0.717, 1.165) is 55.8 Å². The van der Waals surface area contributed by atoms with Gasteiger partial charge in [-0.25, -0.2) is 0 Å². The molecule has 0 saturated carbocycles. The molecule has 0 unspecified atom stereocenters. The number of benzene rings is 10. The molecule has 3 nitrogen and oxygen atoms in total. The number of para-hydroxylation sites is 4. The van der Waals surface area contributed by atoms with Crippen molar-refractivity contribution in [1.29, 1.82) is 0 Å². The maximum atomic E-state index is 6.19. The van der Waals surface area contributed by atoms with E-state index in [1.54, 1.807) is 0 Å². The quantitative estimate of drug-likeness (QED) is 0.167. The molecule has 0 atom stereocenters. The summed E-state index contributed by atoms with van der Waals surface area (Å²) in [4.78, 5) is 4.90. The second-order valence-electron chi connectivity index (χ2n) is 16.8. The molecule has 1 aromatic heterocycles. The van der Waals surface area contributed by atoms with E-state index < -0.39 is 5.41 Å². The highest BCUT2D eigenvalue weighted by Crippen LogP contribution is 2.65. The highest BCUT2D eigenvalue weighted by Gasteiger charge is 2.52. The van der Waals surface area contributed by atoms with Crippen LogP contribution in [-0.4, -0.2) is 0 Å². The zero-order valence-electron chi connectivity index (χ0n) is 34.9. The number of nitrogens with zero attached hydrogens (tertiary/aromatic N) is 2. The molecule has 2 aliphatic rings. The Morgan fingerprint density at radius 1 is 0.359 bits per heavy atom. The topological polar surface area (TPSA) is 19.6 Å². The van der Waals surface area contributed by atoms with Crippen molar-refractivity contribution in [1.82, 2.24) is 0 Å². The van der Waals surface area contributed by atoms with Gasteiger partial charge in [0.05, 0.1) is 22.5 Å². The highest BCUT2D eigenvalue weighted by atomic mass is 16.3. The largest absolute Gasteiger partial charge is 0.456 e. The van der Waals surface area contributed by atoms with Gasteiger partial charge in [-0.3, -0.25) is 0 Å². The van der Waals surface area contributed by atoms with Crippen LogP contribution < -0.4 is 9.80 Å². The fourth-order valence-electron chi connectivity index (χ4n) is 10.7. The maximum absolute atomic E-state index is 6.19. The summed E-state index contributed by atoms with van der Waals surface area (Å²) in [6.45, 7) is 0. The predicted octanol–water partition coefficient (Wildman–Crippen LogP) is 16.5. The molecule has 0 N–H and O–H groups in total. The molecule has 1 aliphatic heterocycles. The third kappa shape index (κ3) is 5.34. The average molecular weight is 817 g/mol. The summed E-state index contributed by atoms with van der Waals surface area (Å²) in [5.74, 6) is 0. The third-order valence-electron chi connectivity index (χ3n) is 13.5. The van der Waals surface area contributed by atoms with Crippen LogP contribution in [0.3, 0.4) is 0 Å². The van der Waals surface area contributed by atoms with Gasteiger partial charge in [-0.1, -0.05) is 170 Å². The standard InChI is InChI=1S/C61H40N2O/c1-3-16-41(17-4-1)42-30-35-46(36-31-42)62(47-37-32-43(33-38-47)44-34-39-59-50(40-44)48-20-8-14-29-58(48)64-59)57-28-15-25-54-60(57)49-21-7-9-22-51(49)61(54)52-23-10-12-26-55(52)63(45-18-5-2-6-19-45)56-27-13-11-24-53(56)61/h1-40H. The van der Waals surface area contributed by atoms with Gasteiger partial charge in [0.1, 0.15) is 11.2 Å². The van der Waals surface area contributed by atoms with Gasteiger partial charge in [-0.05, 0) is 123 Å². The van der Waals surface area contributed by atoms with Crippen molar-refractivity contribution in [3.05, 3.63) is 265 Å². The molecule has 1 aliphatic carbocycles. The first-order valence-electron chi connectivity index (χ1n) is 22.0.